The van der Waals surface area contributed by atoms with Gasteiger partial charge in [0.05, 0.1) is 5.03 Å². The molecule has 8 heteroatoms. The number of hydrogen-bond acceptors (Lipinski definition) is 5. The Morgan fingerprint density at radius 3 is 2.70 bits per heavy atom. The van der Waals surface area contributed by atoms with Crippen LogP contribution >= 0.6 is 11.8 Å². The van der Waals surface area contributed by atoms with Gasteiger partial charge in [0.15, 0.2) is 5.82 Å². The fraction of sp³-hybridized carbons (Fsp3) is 0.0909. The molecular formula is C22H20N6OS. The summed E-state index contributed by atoms with van der Waals surface area (Å²) in [5.41, 5.74) is 2.77. The number of nitrogens with zero attached hydrogens (tertiary/aromatic N) is 4. The highest BCUT2D eigenvalue weighted by molar-refractivity contribution is 7.98. The molecule has 0 aliphatic carbocycles. The van der Waals surface area contributed by atoms with Gasteiger partial charge in [-0.2, -0.15) is 5.10 Å². The van der Waals surface area contributed by atoms with Gasteiger partial charge in [0, 0.05) is 42.8 Å². The Morgan fingerprint density at radius 2 is 1.93 bits per heavy atom. The lowest BCUT2D eigenvalue weighted by Crippen LogP contribution is -2.28. The molecule has 0 fully saturated rings. The largest absolute Gasteiger partial charge is 0.334 e. The fourth-order valence-electron chi connectivity index (χ4n) is 2.75. The van der Waals surface area contributed by atoms with Crippen molar-refractivity contribution < 1.29 is 4.79 Å². The zero-order valence-corrected chi connectivity index (χ0v) is 16.9. The Labute approximate surface area is 178 Å². The smallest absolute Gasteiger partial charge is 0.319 e. The van der Waals surface area contributed by atoms with Gasteiger partial charge in [-0.25, -0.2) is 19.4 Å². The molecule has 30 heavy (non-hydrogen) atoms. The summed E-state index contributed by atoms with van der Waals surface area (Å²) in [6.07, 6.45) is 7.04. The lowest BCUT2D eigenvalue weighted by atomic mass is 10.2. The first-order valence-corrected chi connectivity index (χ1v) is 10.4. The zero-order chi connectivity index (χ0) is 20.6. The summed E-state index contributed by atoms with van der Waals surface area (Å²) in [5, 5.41) is 10.8. The first-order chi connectivity index (χ1) is 14.8. The van der Waals surface area contributed by atoms with E-state index in [9.17, 15) is 4.79 Å². The number of aromatic nitrogens is 4. The van der Waals surface area contributed by atoms with Crippen LogP contribution in [0.3, 0.4) is 0 Å². The van der Waals surface area contributed by atoms with Crippen LogP contribution in [0.15, 0.2) is 90.5 Å². The van der Waals surface area contributed by atoms with Crippen LogP contribution in [-0.4, -0.2) is 25.8 Å². The summed E-state index contributed by atoms with van der Waals surface area (Å²) in [6.45, 7) is 0.382. The monoisotopic (exact) mass is 416 g/mol. The SMILES string of the molecule is O=C(NCc1ccc(-n2cccn2)nc1)Nc1cccc(CSc2ccccn2)c1. The number of pyridine rings is 2. The molecule has 7 nitrogen and oxygen atoms in total. The van der Waals surface area contributed by atoms with Crippen molar-refractivity contribution in [3.05, 3.63) is 96.6 Å². The third kappa shape index (κ3) is 5.45. The van der Waals surface area contributed by atoms with E-state index in [4.69, 9.17) is 0 Å². The van der Waals surface area contributed by atoms with Crippen molar-refractivity contribution in [2.75, 3.05) is 5.32 Å². The summed E-state index contributed by atoms with van der Waals surface area (Å²) < 4.78 is 1.68. The molecule has 0 bridgehead atoms. The highest BCUT2D eigenvalue weighted by atomic mass is 32.2. The molecule has 0 unspecified atom stereocenters. The number of carbonyl (C=O) groups is 1. The molecule has 4 rings (SSSR count). The van der Waals surface area contributed by atoms with Gasteiger partial charge in [0.25, 0.3) is 0 Å². The maximum atomic E-state index is 12.3. The van der Waals surface area contributed by atoms with Gasteiger partial charge >= 0.3 is 6.03 Å². The molecule has 150 valence electrons. The molecule has 0 radical (unpaired) electrons. The second-order valence-electron chi connectivity index (χ2n) is 6.44. The molecule has 1 aromatic carbocycles. The standard InChI is InChI=1S/C22H20N6OS/c29-22(25-15-18-8-9-20(24-14-18)28-12-4-11-26-28)27-19-6-3-5-17(13-19)16-30-21-7-1-2-10-23-21/h1-14H,15-16H2,(H2,25,27,29). The summed E-state index contributed by atoms with van der Waals surface area (Å²) in [4.78, 5) is 20.9. The third-order valence-electron chi connectivity index (χ3n) is 4.21. The third-order valence-corrected chi connectivity index (χ3v) is 5.23. The normalized spacial score (nSPS) is 10.5. The average Bonchev–Trinajstić information content (AvgIpc) is 3.33. The Morgan fingerprint density at radius 1 is 0.967 bits per heavy atom. The Bertz CT molecular complexity index is 1080. The lowest BCUT2D eigenvalue weighted by molar-refractivity contribution is 0.251. The molecule has 0 atom stereocenters. The van der Waals surface area contributed by atoms with E-state index >= 15 is 0 Å². The van der Waals surface area contributed by atoms with Crippen molar-refractivity contribution in [1.29, 1.82) is 0 Å². The van der Waals surface area contributed by atoms with E-state index in [1.54, 1.807) is 35.0 Å². The van der Waals surface area contributed by atoms with E-state index < -0.39 is 0 Å². The number of hydrogen-bond donors (Lipinski definition) is 2. The van der Waals surface area contributed by atoms with Crippen LogP contribution in [0.2, 0.25) is 0 Å². The van der Waals surface area contributed by atoms with E-state index in [1.165, 1.54) is 0 Å². The Kier molecular flexibility index (Phi) is 6.36. The predicted molar refractivity (Wildman–Crippen MR) is 117 cm³/mol. The molecule has 4 aromatic rings. The maximum Gasteiger partial charge on any atom is 0.319 e. The second-order valence-corrected chi connectivity index (χ2v) is 7.44. The van der Waals surface area contributed by atoms with E-state index in [1.807, 2.05) is 66.9 Å². The second kappa shape index (κ2) is 9.71. The van der Waals surface area contributed by atoms with E-state index in [-0.39, 0.29) is 6.03 Å². The van der Waals surface area contributed by atoms with Crippen molar-refractivity contribution in [2.24, 2.45) is 0 Å². The van der Waals surface area contributed by atoms with Crippen LogP contribution in [0.1, 0.15) is 11.1 Å². The molecular weight excluding hydrogens is 396 g/mol. The number of nitrogens with one attached hydrogen (secondary N) is 2. The molecule has 0 spiro atoms. The predicted octanol–water partition coefficient (Wildman–Crippen LogP) is 4.28. The van der Waals surface area contributed by atoms with Crippen molar-refractivity contribution in [1.82, 2.24) is 25.1 Å². The van der Waals surface area contributed by atoms with Crippen molar-refractivity contribution in [3.63, 3.8) is 0 Å². The highest BCUT2D eigenvalue weighted by Gasteiger charge is 2.05. The molecule has 0 aliphatic rings. The minimum atomic E-state index is -0.263. The number of urea groups is 1. The first-order valence-electron chi connectivity index (χ1n) is 9.39. The highest BCUT2D eigenvalue weighted by Crippen LogP contribution is 2.22. The van der Waals surface area contributed by atoms with Gasteiger partial charge in [0.1, 0.15) is 0 Å². The van der Waals surface area contributed by atoms with Crippen molar-refractivity contribution in [3.8, 4) is 5.82 Å². The molecule has 2 amide bonds. The summed E-state index contributed by atoms with van der Waals surface area (Å²) >= 11 is 1.66. The van der Waals surface area contributed by atoms with Crippen molar-refractivity contribution in [2.45, 2.75) is 17.3 Å². The number of anilines is 1. The number of thioether (sulfide) groups is 1. The van der Waals surface area contributed by atoms with E-state index in [2.05, 4.69) is 25.7 Å². The minimum Gasteiger partial charge on any atom is -0.334 e. The van der Waals surface area contributed by atoms with Gasteiger partial charge in [0.2, 0.25) is 0 Å². The van der Waals surface area contributed by atoms with E-state index in [0.29, 0.717) is 6.54 Å². The van der Waals surface area contributed by atoms with Crippen LogP contribution < -0.4 is 10.6 Å². The number of carbonyl (C=O) groups excluding carboxylic acids is 1. The molecule has 3 aromatic heterocycles. The summed E-state index contributed by atoms with van der Waals surface area (Å²) in [6, 6.07) is 19.0. The Hall–Kier alpha value is -3.65. The average molecular weight is 417 g/mol. The Balaban J connectivity index is 1.27. The molecule has 3 heterocycles. The van der Waals surface area contributed by atoms with Gasteiger partial charge in [-0.05, 0) is 47.5 Å². The van der Waals surface area contributed by atoms with Gasteiger partial charge in [-0.3, -0.25) is 0 Å². The van der Waals surface area contributed by atoms with Crippen LogP contribution in [0.5, 0.6) is 0 Å². The van der Waals surface area contributed by atoms with Crippen molar-refractivity contribution >= 4 is 23.5 Å². The summed E-state index contributed by atoms with van der Waals surface area (Å²) in [5.74, 6) is 1.51. The number of rotatable bonds is 7. The van der Waals surface area contributed by atoms with Crippen LogP contribution in [0, 0.1) is 0 Å². The fourth-order valence-corrected chi connectivity index (χ4v) is 3.55. The van der Waals surface area contributed by atoms with Gasteiger partial charge < -0.3 is 10.6 Å². The molecule has 0 saturated carbocycles. The maximum absolute atomic E-state index is 12.3. The zero-order valence-electron chi connectivity index (χ0n) is 16.1. The van der Waals surface area contributed by atoms with E-state index in [0.717, 1.165) is 33.4 Å². The summed E-state index contributed by atoms with van der Waals surface area (Å²) in [7, 11) is 0. The number of amides is 2. The lowest BCUT2D eigenvalue weighted by Gasteiger charge is -2.09. The van der Waals surface area contributed by atoms with Crippen LogP contribution in [-0.2, 0) is 12.3 Å². The van der Waals surface area contributed by atoms with Crippen LogP contribution in [0.25, 0.3) is 5.82 Å². The van der Waals surface area contributed by atoms with Gasteiger partial charge in [-0.15, -0.1) is 11.8 Å². The van der Waals surface area contributed by atoms with Gasteiger partial charge in [-0.1, -0.05) is 24.3 Å². The molecule has 0 saturated heterocycles. The molecule has 0 aliphatic heterocycles. The number of benzene rings is 1. The first kappa shape index (κ1) is 19.7. The molecule has 2 N–H and O–H groups in total. The van der Waals surface area contributed by atoms with Crippen LogP contribution in [0.4, 0.5) is 10.5 Å². The quantitative estimate of drug-likeness (QED) is 0.439. The topological polar surface area (TPSA) is 84.7 Å². The minimum absolute atomic E-state index is 0.263.